The molecule has 0 radical (unpaired) electrons. The number of hydrogen-bond donors (Lipinski definition) is 1. The van der Waals surface area contributed by atoms with Gasteiger partial charge in [-0.3, -0.25) is 4.79 Å². The number of benzene rings is 2. The van der Waals surface area contributed by atoms with E-state index < -0.39 is 0 Å². The molecule has 0 fully saturated rings. The lowest BCUT2D eigenvalue weighted by molar-refractivity contribution is 0.0943. The van der Waals surface area contributed by atoms with Gasteiger partial charge in [0, 0.05) is 12.7 Å². The Morgan fingerprint density at radius 2 is 1.82 bits per heavy atom. The molecule has 2 aromatic carbocycles. The molecule has 1 heterocycles. The molecule has 1 N–H and O–H groups in total. The van der Waals surface area contributed by atoms with Crippen molar-refractivity contribution in [1.82, 2.24) is 10.3 Å². The SMILES string of the molecule is CCOc1ccc(-c2nc(C)c(C(=O)NC(C)c3ccc(OCCOC)c(OC)c3)s2)cc1. The number of nitrogens with one attached hydrogen (secondary N) is 1. The van der Waals surface area contributed by atoms with Gasteiger partial charge in [-0.15, -0.1) is 11.3 Å². The van der Waals surface area contributed by atoms with Crippen LogP contribution in [0.5, 0.6) is 17.2 Å². The van der Waals surface area contributed by atoms with E-state index in [1.54, 1.807) is 14.2 Å². The Morgan fingerprint density at radius 3 is 2.48 bits per heavy atom. The van der Waals surface area contributed by atoms with Gasteiger partial charge in [0.05, 0.1) is 32.1 Å². The van der Waals surface area contributed by atoms with Crippen molar-refractivity contribution in [2.45, 2.75) is 26.8 Å². The monoisotopic (exact) mass is 470 g/mol. The second kappa shape index (κ2) is 11.7. The Balaban J connectivity index is 1.70. The standard InChI is InChI=1S/C25H30N2O5S/c1-6-31-20-10-7-18(8-11-20)25-27-17(3)23(33-25)24(28)26-16(2)19-9-12-21(22(15-19)30-5)32-14-13-29-4/h7-12,15-16H,6,13-14H2,1-5H3,(H,26,28). The van der Waals surface area contributed by atoms with Crippen LogP contribution >= 0.6 is 11.3 Å². The second-order valence-corrected chi connectivity index (χ2v) is 8.34. The Labute approximate surface area is 198 Å². The van der Waals surface area contributed by atoms with Crippen LogP contribution in [0.2, 0.25) is 0 Å². The molecule has 1 unspecified atom stereocenters. The molecule has 0 bridgehead atoms. The fourth-order valence-electron chi connectivity index (χ4n) is 3.24. The molecular weight excluding hydrogens is 440 g/mol. The topological polar surface area (TPSA) is 78.9 Å². The number of thiazole rings is 1. The van der Waals surface area contributed by atoms with Crippen LogP contribution in [0.4, 0.5) is 0 Å². The maximum atomic E-state index is 13.0. The second-order valence-electron chi connectivity index (χ2n) is 7.34. The van der Waals surface area contributed by atoms with E-state index in [1.807, 2.05) is 63.2 Å². The summed E-state index contributed by atoms with van der Waals surface area (Å²) in [6.45, 7) is 7.27. The van der Waals surface area contributed by atoms with E-state index >= 15 is 0 Å². The molecule has 0 aliphatic heterocycles. The van der Waals surface area contributed by atoms with E-state index in [-0.39, 0.29) is 11.9 Å². The Kier molecular flexibility index (Phi) is 8.68. The average molecular weight is 471 g/mol. The molecular formula is C25H30N2O5S. The van der Waals surface area contributed by atoms with Gasteiger partial charge < -0.3 is 24.3 Å². The van der Waals surface area contributed by atoms with Gasteiger partial charge in [0.1, 0.15) is 22.2 Å². The van der Waals surface area contributed by atoms with E-state index in [4.69, 9.17) is 18.9 Å². The summed E-state index contributed by atoms with van der Waals surface area (Å²) in [5, 5.41) is 3.86. The number of rotatable bonds is 11. The fourth-order valence-corrected chi connectivity index (χ4v) is 4.22. The van der Waals surface area contributed by atoms with Crippen LogP contribution in [0.15, 0.2) is 42.5 Å². The summed E-state index contributed by atoms with van der Waals surface area (Å²) >= 11 is 1.38. The minimum absolute atomic E-state index is 0.158. The molecule has 3 aromatic rings. The van der Waals surface area contributed by atoms with Crippen molar-refractivity contribution in [1.29, 1.82) is 0 Å². The number of carbonyl (C=O) groups excluding carboxylic acids is 1. The first-order valence-corrected chi connectivity index (χ1v) is 11.6. The number of carbonyl (C=O) groups is 1. The van der Waals surface area contributed by atoms with Crippen molar-refractivity contribution in [2.24, 2.45) is 0 Å². The van der Waals surface area contributed by atoms with E-state index in [9.17, 15) is 4.79 Å². The molecule has 0 saturated heterocycles. The molecule has 176 valence electrons. The van der Waals surface area contributed by atoms with Gasteiger partial charge in [0.15, 0.2) is 11.5 Å². The third-order valence-electron chi connectivity index (χ3n) is 5.00. The molecule has 1 atom stereocenters. The lowest BCUT2D eigenvalue weighted by atomic mass is 10.1. The van der Waals surface area contributed by atoms with E-state index in [2.05, 4.69) is 10.3 Å². The number of aryl methyl sites for hydroxylation is 1. The summed E-state index contributed by atoms with van der Waals surface area (Å²) in [7, 11) is 3.22. The molecule has 8 heteroatoms. The first-order valence-electron chi connectivity index (χ1n) is 10.8. The van der Waals surface area contributed by atoms with E-state index in [0.29, 0.717) is 41.9 Å². The summed E-state index contributed by atoms with van der Waals surface area (Å²) in [5.74, 6) is 1.90. The maximum Gasteiger partial charge on any atom is 0.263 e. The zero-order valence-corrected chi connectivity index (χ0v) is 20.5. The third-order valence-corrected chi connectivity index (χ3v) is 6.20. The van der Waals surface area contributed by atoms with Crippen molar-refractivity contribution in [3.8, 4) is 27.8 Å². The van der Waals surface area contributed by atoms with Gasteiger partial charge in [-0.25, -0.2) is 4.98 Å². The normalized spacial score (nSPS) is 11.7. The van der Waals surface area contributed by atoms with Crippen molar-refractivity contribution in [3.63, 3.8) is 0 Å². The minimum Gasteiger partial charge on any atom is -0.494 e. The third kappa shape index (κ3) is 6.24. The minimum atomic E-state index is -0.227. The van der Waals surface area contributed by atoms with Crippen LogP contribution in [-0.4, -0.2) is 44.9 Å². The zero-order chi connectivity index (χ0) is 23.8. The van der Waals surface area contributed by atoms with Gasteiger partial charge in [0.2, 0.25) is 0 Å². The summed E-state index contributed by atoms with van der Waals surface area (Å²) in [6.07, 6.45) is 0. The van der Waals surface area contributed by atoms with Gasteiger partial charge >= 0.3 is 0 Å². The summed E-state index contributed by atoms with van der Waals surface area (Å²) < 4.78 is 21.7. The van der Waals surface area contributed by atoms with Crippen molar-refractivity contribution < 1.29 is 23.7 Å². The largest absolute Gasteiger partial charge is 0.494 e. The van der Waals surface area contributed by atoms with Crippen LogP contribution in [0.3, 0.4) is 0 Å². The number of methoxy groups -OCH3 is 2. The average Bonchev–Trinajstić information content (AvgIpc) is 3.21. The van der Waals surface area contributed by atoms with Gasteiger partial charge in [0.25, 0.3) is 5.91 Å². The predicted molar refractivity (Wildman–Crippen MR) is 130 cm³/mol. The molecule has 0 aliphatic rings. The summed E-state index contributed by atoms with van der Waals surface area (Å²) in [6, 6.07) is 13.1. The van der Waals surface area contributed by atoms with Gasteiger partial charge in [-0.2, -0.15) is 0 Å². The first-order chi connectivity index (χ1) is 16.0. The van der Waals surface area contributed by atoms with Crippen LogP contribution in [0.25, 0.3) is 10.6 Å². The first kappa shape index (κ1) is 24.5. The van der Waals surface area contributed by atoms with Crippen molar-refractivity contribution >= 4 is 17.2 Å². The number of aromatic nitrogens is 1. The van der Waals surface area contributed by atoms with Gasteiger partial charge in [-0.1, -0.05) is 6.07 Å². The van der Waals surface area contributed by atoms with Crippen molar-refractivity contribution in [2.75, 3.05) is 34.0 Å². The Bertz CT molecular complexity index is 1070. The van der Waals surface area contributed by atoms with Crippen LogP contribution in [0.1, 0.15) is 40.8 Å². The summed E-state index contributed by atoms with van der Waals surface area (Å²) in [4.78, 5) is 18.2. The lowest BCUT2D eigenvalue weighted by Gasteiger charge is -2.17. The van der Waals surface area contributed by atoms with Crippen molar-refractivity contribution in [3.05, 3.63) is 58.6 Å². The molecule has 1 aromatic heterocycles. The Hall–Kier alpha value is -3.10. The lowest BCUT2D eigenvalue weighted by Crippen LogP contribution is -2.26. The molecule has 7 nitrogen and oxygen atoms in total. The van der Waals surface area contributed by atoms with Crippen LogP contribution in [0, 0.1) is 6.92 Å². The molecule has 33 heavy (non-hydrogen) atoms. The number of nitrogens with zero attached hydrogens (tertiary/aromatic N) is 1. The highest BCUT2D eigenvalue weighted by Crippen LogP contribution is 2.32. The smallest absolute Gasteiger partial charge is 0.263 e. The number of amides is 1. The zero-order valence-electron chi connectivity index (χ0n) is 19.6. The number of hydrogen-bond acceptors (Lipinski definition) is 7. The van der Waals surface area contributed by atoms with E-state index in [1.165, 1.54) is 11.3 Å². The maximum absolute atomic E-state index is 13.0. The fraction of sp³-hybridized carbons (Fsp3) is 0.360. The highest BCUT2D eigenvalue weighted by Gasteiger charge is 2.19. The van der Waals surface area contributed by atoms with Crippen LogP contribution < -0.4 is 19.5 Å². The van der Waals surface area contributed by atoms with Gasteiger partial charge in [-0.05, 0) is 62.7 Å². The highest BCUT2D eigenvalue weighted by molar-refractivity contribution is 7.17. The summed E-state index contributed by atoms with van der Waals surface area (Å²) in [5.41, 5.74) is 2.56. The molecule has 1 amide bonds. The predicted octanol–water partition coefficient (Wildman–Crippen LogP) is 5.04. The molecule has 3 rings (SSSR count). The highest BCUT2D eigenvalue weighted by atomic mass is 32.1. The van der Waals surface area contributed by atoms with E-state index in [0.717, 1.165) is 21.9 Å². The van der Waals surface area contributed by atoms with Crippen LogP contribution in [-0.2, 0) is 4.74 Å². The molecule has 0 aliphatic carbocycles. The Morgan fingerprint density at radius 1 is 1.06 bits per heavy atom. The number of ether oxygens (including phenoxy) is 4. The quantitative estimate of drug-likeness (QED) is 0.396. The molecule has 0 saturated carbocycles. The molecule has 0 spiro atoms.